The second-order valence-corrected chi connectivity index (χ2v) is 12.4. The van der Waals surface area contributed by atoms with E-state index in [9.17, 15) is 0 Å². The third-order valence-corrected chi connectivity index (χ3v) is 9.02. The maximum Gasteiger partial charge on any atom is 0.112 e. The van der Waals surface area contributed by atoms with Crippen molar-refractivity contribution in [2.75, 3.05) is 0 Å². The van der Waals surface area contributed by atoms with Gasteiger partial charge in [0.2, 0.25) is 0 Å². The first-order chi connectivity index (χ1) is 19.7. The zero-order valence-electron chi connectivity index (χ0n) is 26.1. The maximum atomic E-state index is 5.10. The lowest BCUT2D eigenvalue weighted by atomic mass is 9.66. The van der Waals surface area contributed by atoms with Gasteiger partial charge in [-0.15, -0.1) is 0 Å². The van der Waals surface area contributed by atoms with Crippen LogP contribution in [0.5, 0.6) is 0 Å². The fourth-order valence-electron chi connectivity index (χ4n) is 6.54. The number of unbranched alkanes of at least 4 members (excludes halogenated alkanes) is 13. The minimum Gasteiger partial charge on any atom is -0.335 e. The van der Waals surface area contributed by atoms with Gasteiger partial charge in [-0.25, -0.2) is 4.98 Å². The van der Waals surface area contributed by atoms with E-state index in [4.69, 9.17) is 4.98 Å². The third kappa shape index (κ3) is 10.6. The van der Waals surface area contributed by atoms with Crippen molar-refractivity contribution in [1.82, 2.24) is 9.55 Å². The molecule has 2 nitrogen and oxygen atoms in total. The van der Waals surface area contributed by atoms with E-state index >= 15 is 0 Å². The number of hydrogen-bond donors (Lipinski definition) is 0. The molecule has 0 amide bonds. The maximum absolute atomic E-state index is 5.10. The molecule has 0 aliphatic heterocycles. The van der Waals surface area contributed by atoms with Gasteiger partial charge in [-0.2, -0.15) is 0 Å². The number of imidazole rings is 1. The lowest BCUT2D eigenvalue weighted by molar-refractivity contribution is 0.321. The molecule has 1 heterocycles. The molecule has 40 heavy (non-hydrogen) atoms. The van der Waals surface area contributed by atoms with Crippen LogP contribution in [-0.4, -0.2) is 9.55 Å². The molecule has 0 fully saturated rings. The first kappa shape index (κ1) is 32.2. The minimum atomic E-state index is -0.0202. The molecule has 0 bridgehead atoms. The summed E-state index contributed by atoms with van der Waals surface area (Å²) in [5, 5.41) is 0. The van der Waals surface area contributed by atoms with Crippen molar-refractivity contribution in [2.24, 2.45) is 0 Å². The quantitative estimate of drug-likeness (QED) is 0.115. The Morgan fingerprint density at radius 1 is 0.650 bits per heavy atom. The fraction of sp³-hybridized carbons (Fsp3) is 0.605. The molecule has 2 unspecified atom stereocenters. The lowest BCUT2D eigenvalue weighted by Crippen LogP contribution is -2.35. The number of nitrogens with zero attached hydrogens (tertiary/aromatic N) is 2. The highest BCUT2D eigenvalue weighted by Crippen LogP contribution is 2.44. The highest BCUT2D eigenvalue weighted by atomic mass is 15.1. The topological polar surface area (TPSA) is 17.8 Å². The summed E-state index contributed by atoms with van der Waals surface area (Å²) in [5.41, 5.74) is 2.83. The summed E-state index contributed by atoms with van der Waals surface area (Å²) in [5.74, 6) is 1.69. The molecule has 2 heteroatoms. The second-order valence-electron chi connectivity index (χ2n) is 12.4. The second kappa shape index (κ2) is 18.9. The zero-order chi connectivity index (χ0) is 28.3. The summed E-state index contributed by atoms with van der Waals surface area (Å²) >= 11 is 0. The van der Waals surface area contributed by atoms with E-state index in [0.717, 1.165) is 13.0 Å². The van der Waals surface area contributed by atoms with Crippen LogP contribution in [0.3, 0.4) is 0 Å². The Hall–Kier alpha value is -2.35. The summed E-state index contributed by atoms with van der Waals surface area (Å²) in [6.45, 7) is 8.20. The molecular weight excluding hydrogens is 484 g/mol. The van der Waals surface area contributed by atoms with Crippen molar-refractivity contribution >= 4 is 0 Å². The molecular formula is C38H58N2. The molecule has 0 aliphatic rings. The summed E-state index contributed by atoms with van der Waals surface area (Å²) in [4.78, 5) is 5.10. The van der Waals surface area contributed by atoms with Gasteiger partial charge in [0.1, 0.15) is 5.82 Å². The van der Waals surface area contributed by atoms with Gasteiger partial charge < -0.3 is 4.57 Å². The van der Waals surface area contributed by atoms with Crippen molar-refractivity contribution < 1.29 is 0 Å². The van der Waals surface area contributed by atoms with Crippen LogP contribution in [0.1, 0.15) is 146 Å². The number of aryl methyl sites for hydroxylation is 1. The van der Waals surface area contributed by atoms with Crippen LogP contribution in [0.15, 0.2) is 73.1 Å². The smallest absolute Gasteiger partial charge is 0.112 e. The summed E-state index contributed by atoms with van der Waals surface area (Å²) in [7, 11) is 0. The van der Waals surface area contributed by atoms with Gasteiger partial charge >= 0.3 is 0 Å². The van der Waals surface area contributed by atoms with Crippen LogP contribution in [0.25, 0.3) is 0 Å². The fourth-order valence-corrected chi connectivity index (χ4v) is 6.54. The Morgan fingerprint density at radius 3 is 1.77 bits per heavy atom. The standard InChI is InChI=1S/C38H58N2/c1-4-6-8-10-12-13-14-16-24-31-40-32-30-39-37(40)36(29-23-15-11-9-7-5-2)38(3,35-27-21-18-22-28-35)33-34-25-19-17-20-26-34/h17-22,25-28,30,32,36H,4-16,23-24,29,31,33H2,1-3H3. The molecule has 0 N–H and O–H groups in total. The summed E-state index contributed by atoms with van der Waals surface area (Å²) in [6, 6.07) is 22.4. The van der Waals surface area contributed by atoms with E-state index in [1.54, 1.807) is 0 Å². The van der Waals surface area contributed by atoms with Crippen molar-refractivity contribution in [3.63, 3.8) is 0 Å². The van der Waals surface area contributed by atoms with Gasteiger partial charge in [0.15, 0.2) is 0 Å². The molecule has 2 atom stereocenters. The highest BCUT2D eigenvalue weighted by Gasteiger charge is 2.39. The molecule has 0 saturated carbocycles. The van der Waals surface area contributed by atoms with Crippen LogP contribution < -0.4 is 0 Å². The number of rotatable bonds is 22. The van der Waals surface area contributed by atoms with Gasteiger partial charge in [-0.1, -0.05) is 171 Å². The average Bonchev–Trinajstić information content (AvgIpc) is 3.44. The summed E-state index contributed by atoms with van der Waals surface area (Å²) in [6.07, 6.45) is 26.8. The van der Waals surface area contributed by atoms with E-state index in [0.29, 0.717) is 5.92 Å². The number of aromatic nitrogens is 2. The largest absolute Gasteiger partial charge is 0.335 e. The molecule has 1 aromatic heterocycles. The van der Waals surface area contributed by atoms with Crippen LogP contribution >= 0.6 is 0 Å². The van der Waals surface area contributed by atoms with Crippen LogP contribution in [0.2, 0.25) is 0 Å². The van der Waals surface area contributed by atoms with Gasteiger partial charge in [0, 0.05) is 30.3 Å². The van der Waals surface area contributed by atoms with Gasteiger partial charge in [-0.3, -0.25) is 0 Å². The molecule has 0 spiro atoms. The highest BCUT2D eigenvalue weighted by molar-refractivity contribution is 5.33. The predicted octanol–water partition coefficient (Wildman–Crippen LogP) is 11.4. The van der Waals surface area contributed by atoms with Crippen molar-refractivity contribution in [3.05, 3.63) is 90.0 Å². The number of hydrogen-bond acceptors (Lipinski definition) is 1. The molecule has 3 aromatic rings. The molecule has 3 rings (SSSR count). The Morgan fingerprint density at radius 2 is 1.18 bits per heavy atom. The van der Waals surface area contributed by atoms with Crippen molar-refractivity contribution in [1.29, 1.82) is 0 Å². The molecule has 0 saturated heterocycles. The molecule has 0 radical (unpaired) electrons. The molecule has 0 aliphatic carbocycles. The lowest BCUT2D eigenvalue weighted by Gasteiger charge is -2.39. The Labute approximate surface area is 247 Å². The Bertz CT molecular complexity index is 1010. The van der Waals surface area contributed by atoms with Crippen LogP contribution in [0.4, 0.5) is 0 Å². The normalized spacial score (nSPS) is 13.8. The van der Waals surface area contributed by atoms with Crippen molar-refractivity contribution in [3.8, 4) is 0 Å². The van der Waals surface area contributed by atoms with Gasteiger partial charge in [0.05, 0.1) is 0 Å². The van der Waals surface area contributed by atoms with Gasteiger partial charge in [0.25, 0.3) is 0 Å². The molecule has 2 aromatic carbocycles. The summed E-state index contributed by atoms with van der Waals surface area (Å²) < 4.78 is 2.51. The van der Waals surface area contributed by atoms with E-state index in [2.05, 4.69) is 98.4 Å². The van der Waals surface area contributed by atoms with Gasteiger partial charge in [-0.05, 0) is 30.4 Å². The van der Waals surface area contributed by atoms with Crippen LogP contribution in [0, 0.1) is 0 Å². The van der Waals surface area contributed by atoms with Crippen LogP contribution in [-0.2, 0) is 18.4 Å². The third-order valence-electron chi connectivity index (χ3n) is 9.02. The molecule has 220 valence electrons. The Balaban J connectivity index is 1.75. The Kier molecular flexibility index (Phi) is 15.2. The first-order valence-electron chi connectivity index (χ1n) is 16.8. The predicted molar refractivity (Wildman–Crippen MR) is 174 cm³/mol. The van der Waals surface area contributed by atoms with E-state index in [-0.39, 0.29) is 5.41 Å². The average molecular weight is 543 g/mol. The minimum absolute atomic E-state index is 0.0202. The van der Waals surface area contributed by atoms with E-state index < -0.39 is 0 Å². The monoisotopic (exact) mass is 542 g/mol. The van der Waals surface area contributed by atoms with E-state index in [1.807, 2.05) is 0 Å². The first-order valence-corrected chi connectivity index (χ1v) is 16.8. The number of benzene rings is 2. The van der Waals surface area contributed by atoms with Crippen molar-refractivity contribution in [2.45, 2.75) is 148 Å². The SMILES string of the molecule is CCCCCCCCCCCn1ccnc1C(CCCCCCCC)C(C)(Cc1ccccc1)c1ccccc1. The zero-order valence-corrected chi connectivity index (χ0v) is 26.1. The van der Waals surface area contributed by atoms with E-state index in [1.165, 1.54) is 120 Å².